The Labute approximate surface area is 157 Å². The lowest BCUT2D eigenvalue weighted by Crippen LogP contribution is -2.23. The van der Waals surface area contributed by atoms with Gasteiger partial charge in [0.15, 0.2) is 0 Å². The molecule has 0 atom stereocenters. The zero-order chi connectivity index (χ0) is 18.6. The number of benzene rings is 1. The fourth-order valence-electron chi connectivity index (χ4n) is 2.92. The first kappa shape index (κ1) is 16.8. The standard InChI is InChI=1S/C22H18N4O/c1-15-7-9-17-4-2-6-19(21(17)26-15)22(27)25-13-16-8-10-20(24-12-16)18-5-3-11-23-14-18/h2-12,14H,13H2,1H3,(H,25,27). The second-order valence-corrected chi connectivity index (χ2v) is 6.31. The van der Waals surface area contributed by atoms with Gasteiger partial charge < -0.3 is 5.32 Å². The molecule has 0 bridgehead atoms. The van der Waals surface area contributed by atoms with Gasteiger partial charge in [-0.15, -0.1) is 0 Å². The molecule has 5 heteroatoms. The van der Waals surface area contributed by atoms with Gasteiger partial charge in [-0.05, 0) is 42.8 Å². The average Bonchev–Trinajstić information content (AvgIpc) is 2.72. The highest BCUT2D eigenvalue weighted by atomic mass is 16.1. The number of nitrogens with zero attached hydrogens (tertiary/aromatic N) is 3. The number of pyridine rings is 3. The molecule has 27 heavy (non-hydrogen) atoms. The Balaban J connectivity index is 1.49. The first-order chi connectivity index (χ1) is 13.2. The number of aromatic nitrogens is 3. The number of carbonyl (C=O) groups excluding carboxylic acids is 1. The number of fused-ring (bicyclic) bond motifs is 1. The third-order valence-corrected chi connectivity index (χ3v) is 4.34. The lowest BCUT2D eigenvalue weighted by molar-refractivity contribution is 0.0952. The molecule has 3 aromatic heterocycles. The molecule has 0 aliphatic carbocycles. The van der Waals surface area contributed by atoms with E-state index < -0.39 is 0 Å². The molecule has 4 aromatic rings. The zero-order valence-corrected chi connectivity index (χ0v) is 14.9. The van der Waals surface area contributed by atoms with Gasteiger partial charge in [0, 0.05) is 41.8 Å². The highest BCUT2D eigenvalue weighted by Crippen LogP contribution is 2.18. The molecular formula is C22H18N4O. The van der Waals surface area contributed by atoms with E-state index in [-0.39, 0.29) is 5.91 Å². The van der Waals surface area contributed by atoms with E-state index in [1.807, 2.05) is 55.5 Å². The molecule has 0 fully saturated rings. The molecule has 132 valence electrons. The van der Waals surface area contributed by atoms with Crippen LogP contribution in [0.5, 0.6) is 0 Å². The van der Waals surface area contributed by atoms with Gasteiger partial charge in [-0.25, -0.2) is 0 Å². The predicted octanol–water partition coefficient (Wildman–Crippen LogP) is 3.93. The molecule has 0 unspecified atom stereocenters. The highest BCUT2D eigenvalue weighted by Gasteiger charge is 2.11. The predicted molar refractivity (Wildman–Crippen MR) is 105 cm³/mol. The quantitative estimate of drug-likeness (QED) is 0.603. The fourth-order valence-corrected chi connectivity index (χ4v) is 2.92. The topological polar surface area (TPSA) is 67.8 Å². The van der Waals surface area contributed by atoms with E-state index in [1.165, 1.54) is 0 Å². The third kappa shape index (κ3) is 3.67. The van der Waals surface area contributed by atoms with Crippen molar-refractivity contribution in [2.24, 2.45) is 0 Å². The van der Waals surface area contributed by atoms with Crippen LogP contribution in [0, 0.1) is 6.92 Å². The smallest absolute Gasteiger partial charge is 0.253 e. The molecule has 1 amide bonds. The van der Waals surface area contributed by atoms with Crippen LogP contribution >= 0.6 is 0 Å². The molecule has 0 saturated carbocycles. The summed E-state index contributed by atoms with van der Waals surface area (Å²) in [6.07, 6.45) is 5.28. The number of amides is 1. The molecule has 0 aliphatic heterocycles. The summed E-state index contributed by atoms with van der Waals surface area (Å²) in [5.41, 5.74) is 4.94. The van der Waals surface area contributed by atoms with Crippen molar-refractivity contribution in [2.45, 2.75) is 13.5 Å². The fraction of sp³-hybridized carbons (Fsp3) is 0.0909. The van der Waals surface area contributed by atoms with E-state index in [0.29, 0.717) is 12.1 Å². The molecule has 0 spiro atoms. The first-order valence-electron chi connectivity index (χ1n) is 8.70. The Morgan fingerprint density at radius 2 is 1.93 bits per heavy atom. The number of rotatable bonds is 4. The summed E-state index contributed by atoms with van der Waals surface area (Å²) in [7, 11) is 0. The lowest BCUT2D eigenvalue weighted by atomic mass is 10.1. The number of para-hydroxylation sites is 1. The number of nitrogens with one attached hydrogen (secondary N) is 1. The van der Waals surface area contributed by atoms with Gasteiger partial charge in [0.05, 0.1) is 16.8 Å². The first-order valence-corrected chi connectivity index (χ1v) is 8.70. The molecule has 1 aromatic carbocycles. The van der Waals surface area contributed by atoms with Crippen LogP contribution in [0.3, 0.4) is 0 Å². The summed E-state index contributed by atoms with van der Waals surface area (Å²) in [6, 6.07) is 17.3. The summed E-state index contributed by atoms with van der Waals surface area (Å²) >= 11 is 0. The normalized spacial score (nSPS) is 10.7. The van der Waals surface area contributed by atoms with Crippen LogP contribution < -0.4 is 5.32 Å². The molecule has 5 nitrogen and oxygen atoms in total. The van der Waals surface area contributed by atoms with Crippen LogP contribution in [0.4, 0.5) is 0 Å². The molecule has 0 saturated heterocycles. The summed E-state index contributed by atoms with van der Waals surface area (Å²) in [6.45, 7) is 2.32. The minimum absolute atomic E-state index is 0.143. The van der Waals surface area contributed by atoms with Crippen LogP contribution in [0.2, 0.25) is 0 Å². The number of aryl methyl sites for hydroxylation is 1. The van der Waals surface area contributed by atoms with Crippen LogP contribution in [-0.4, -0.2) is 20.9 Å². The molecule has 0 radical (unpaired) electrons. The second-order valence-electron chi connectivity index (χ2n) is 6.31. The molecular weight excluding hydrogens is 336 g/mol. The average molecular weight is 354 g/mol. The molecule has 1 N–H and O–H groups in total. The van der Waals surface area contributed by atoms with Gasteiger partial charge in [0.1, 0.15) is 0 Å². The maximum absolute atomic E-state index is 12.7. The van der Waals surface area contributed by atoms with Crippen molar-refractivity contribution >= 4 is 16.8 Å². The number of carbonyl (C=O) groups is 1. The van der Waals surface area contributed by atoms with Crippen LogP contribution in [0.15, 0.2) is 73.2 Å². The summed E-state index contributed by atoms with van der Waals surface area (Å²) in [4.78, 5) is 25.7. The number of hydrogen-bond donors (Lipinski definition) is 1. The molecule has 3 heterocycles. The van der Waals surface area contributed by atoms with E-state index in [9.17, 15) is 4.79 Å². The Morgan fingerprint density at radius 3 is 2.70 bits per heavy atom. The van der Waals surface area contributed by atoms with Crippen molar-refractivity contribution in [1.29, 1.82) is 0 Å². The minimum atomic E-state index is -0.143. The van der Waals surface area contributed by atoms with Gasteiger partial charge in [-0.1, -0.05) is 24.3 Å². The summed E-state index contributed by atoms with van der Waals surface area (Å²) in [5.74, 6) is -0.143. The van der Waals surface area contributed by atoms with Crippen molar-refractivity contribution in [3.05, 3.63) is 90.0 Å². The largest absolute Gasteiger partial charge is 0.348 e. The van der Waals surface area contributed by atoms with E-state index in [1.54, 1.807) is 24.7 Å². The lowest BCUT2D eigenvalue weighted by Gasteiger charge is -2.09. The van der Waals surface area contributed by atoms with E-state index >= 15 is 0 Å². The summed E-state index contributed by atoms with van der Waals surface area (Å²) in [5, 5.41) is 3.91. The Bertz CT molecular complexity index is 1090. The van der Waals surface area contributed by atoms with Gasteiger partial charge in [0.2, 0.25) is 0 Å². The van der Waals surface area contributed by atoms with Crippen molar-refractivity contribution in [3.8, 4) is 11.3 Å². The van der Waals surface area contributed by atoms with Gasteiger partial charge in [0.25, 0.3) is 5.91 Å². The van der Waals surface area contributed by atoms with E-state index in [4.69, 9.17) is 0 Å². The van der Waals surface area contributed by atoms with Crippen LogP contribution in [0.25, 0.3) is 22.2 Å². The minimum Gasteiger partial charge on any atom is -0.348 e. The van der Waals surface area contributed by atoms with Gasteiger partial charge >= 0.3 is 0 Å². The molecule has 4 rings (SSSR count). The van der Waals surface area contributed by atoms with E-state index in [2.05, 4.69) is 20.3 Å². The molecule has 0 aliphatic rings. The zero-order valence-electron chi connectivity index (χ0n) is 14.9. The monoisotopic (exact) mass is 354 g/mol. The Hall–Kier alpha value is -3.60. The van der Waals surface area contributed by atoms with Crippen LogP contribution in [0.1, 0.15) is 21.6 Å². The van der Waals surface area contributed by atoms with Crippen molar-refractivity contribution in [2.75, 3.05) is 0 Å². The number of hydrogen-bond acceptors (Lipinski definition) is 4. The highest BCUT2D eigenvalue weighted by molar-refractivity contribution is 6.05. The summed E-state index contributed by atoms with van der Waals surface area (Å²) < 4.78 is 0. The maximum atomic E-state index is 12.7. The van der Waals surface area contributed by atoms with Crippen LogP contribution in [-0.2, 0) is 6.54 Å². The van der Waals surface area contributed by atoms with Crippen molar-refractivity contribution in [3.63, 3.8) is 0 Å². The van der Waals surface area contributed by atoms with E-state index in [0.717, 1.165) is 33.4 Å². The maximum Gasteiger partial charge on any atom is 0.253 e. The van der Waals surface area contributed by atoms with Gasteiger partial charge in [-0.2, -0.15) is 0 Å². The second kappa shape index (κ2) is 7.33. The van der Waals surface area contributed by atoms with Gasteiger partial charge in [-0.3, -0.25) is 19.7 Å². The Morgan fingerprint density at radius 1 is 1.00 bits per heavy atom. The van der Waals surface area contributed by atoms with Crippen molar-refractivity contribution in [1.82, 2.24) is 20.3 Å². The van der Waals surface area contributed by atoms with Crippen molar-refractivity contribution < 1.29 is 4.79 Å². The Kier molecular flexibility index (Phi) is 4.58. The SMILES string of the molecule is Cc1ccc2cccc(C(=O)NCc3ccc(-c4cccnc4)nc3)c2n1. The third-order valence-electron chi connectivity index (χ3n) is 4.34.